The van der Waals surface area contributed by atoms with Crippen molar-refractivity contribution in [2.24, 2.45) is 5.90 Å². The minimum absolute atomic E-state index is 0.0574. The van der Waals surface area contributed by atoms with E-state index in [-0.39, 0.29) is 24.7 Å². The summed E-state index contributed by atoms with van der Waals surface area (Å²) in [4.78, 5) is 50.0. The molecule has 268 valence electrons. The number of hydrogen-bond donors (Lipinski definition) is 4. The summed E-state index contributed by atoms with van der Waals surface area (Å²) >= 11 is 0. The maximum absolute atomic E-state index is 13.7. The number of hydrogen-bond acceptors (Lipinski definition) is 12. The van der Waals surface area contributed by atoms with Gasteiger partial charge in [-0.15, -0.1) is 5.10 Å². The predicted molar refractivity (Wildman–Crippen MR) is 183 cm³/mol. The van der Waals surface area contributed by atoms with E-state index in [4.69, 9.17) is 34.4 Å². The van der Waals surface area contributed by atoms with Gasteiger partial charge >= 0.3 is 8.60 Å². The number of aromatic nitrogens is 3. The summed E-state index contributed by atoms with van der Waals surface area (Å²) in [5.41, 5.74) is 4.88. The molecule has 0 radical (unpaired) electrons. The number of nitrogens with zero attached hydrogens (tertiary/aromatic N) is 4. The lowest BCUT2D eigenvalue weighted by Crippen LogP contribution is -2.33. The Balaban J connectivity index is 1.33. The van der Waals surface area contributed by atoms with Crippen molar-refractivity contribution in [1.82, 2.24) is 20.3 Å². The number of amides is 2. The van der Waals surface area contributed by atoms with E-state index in [2.05, 4.69) is 20.5 Å². The fourth-order valence-electron chi connectivity index (χ4n) is 5.39. The second-order valence-electron chi connectivity index (χ2n) is 11.2. The number of rotatable bonds is 23. The van der Waals surface area contributed by atoms with Gasteiger partial charge in [0.2, 0.25) is 11.8 Å². The minimum atomic E-state index is -2.31. The van der Waals surface area contributed by atoms with Crippen molar-refractivity contribution < 1.29 is 42.9 Å². The van der Waals surface area contributed by atoms with Crippen LogP contribution in [0.5, 0.6) is 0 Å². The highest BCUT2D eigenvalue weighted by Crippen LogP contribution is 2.41. The molecule has 0 spiro atoms. The van der Waals surface area contributed by atoms with Gasteiger partial charge in [0.15, 0.2) is 0 Å². The quantitative estimate of drug-likeness (QED) is 0.0642. The largest absolute Gasteiger partial charge is 0.377 e. The lowest BCUT2D eigenvalue weighted by atomic mass is 9.95. The molecule has 2 heterocycles. The van der Waals surface area contributed by atoms with Crippen molar-refractivity contribution in [3.8, 4) is 22.5 Å². The molecule has 0 fully saturated rings. The van der Waals surface area contributed by atoms with Crippen LogP contribution in [0.1, 0.15) is 44.1 Å². The molecule has 0 bridgehead atoms. The Hall–Kier alpha value is -3.37. The highest BCUT2D eigenvalue weighted by atomic mass is 31.2. The highest BCUT2D eigenvalue weighted by molar-refractivity contribution is 7.39. The van der Waals surface area contributed by atoms with Gasteiger partial charge in [0.1, 0.15) is 5.69 Å². The lowest BCUT2D eigenvalue weighted by molar-refractivity contribution is -0.125. The molecule has 2 aromatic carbocycles. The topological polar surface area (TPSA) is 193 Å². The first-order valence-corrected chi connectivity index (χ1v) is 17.7. The predicted octanol–water partition coefficient (Wildman–Crippen LogP) is 3.08. The zero-order valence-corrected chi connectivity index (χ0v) is 28.6. The second kappa shape index (κ2) is 21.7. The molecule has 2 amide bonds. The maximum Gasteiger partial charge on any atom is 0.327 e. The van der Waals surface area contributed by atoms with Crippen LogP contribution in [-0.4, -0.2) is 96.0 Å². The van der Waals surface area contributed by atoms with Gasteiger partial charge in [-0.05, 0) is 24.5 Å². The maximum atomic E-state index is 13.7. The third kappa shape index (κ3) is 12.5. The van der Waals surface area contributed by atoms with Gasteiger partial charge in [-0.3, -0.25) is 9.59 Å². The standard InChI is InChI=1S/C33H47N6O9P/c34-47-24-23-46-22-21-45-20-19-44-18-16-39-33-27-10-4-3-9-26(27)25-38(29-12-6-5-11-28(29)32(33)36-37-39)31(41)14-13-30(40)35-15-7-1-2-8-17-48-49(42)43/h3-6,9-12,42-43H,1-2,7-8,13-25,34H2,(H,35,40). The van der Waals surface area contributed by atoms with Crippen LogP contribution >= 0.6 is 8.60 Å². The summed E-state index contributed by atoms with van der Waals surface area (Å²) in [7, 11) is -2.31. The number of carbonyl (C=O) groups excluding carboxylic acids is 2. The van der Waals surface area contributed by atoms with Crippen LogP contribution < -0.4 is 16.1 Å². The van der Waals surface area contributed by atoms with E-state index in [1.54, 1.807) is 4.90 Å². The Morgan fingerprint density at radius 2 is 1.49 bits per heavy atom. The Kier molecular flexibility index (Phi) is 17.0. The lowest BCUT2D eigenvalue weighted by Gasteiger charge is -2.28. The van der Waals surface area contributed by atoms with Crippen molar-refractivity contribution in [1.29, 1.82) is 0 Å². The fraction of sp³-hybridized carbons (Fsp3) is 0.515. The summed E-state index contributed by atoms with van der Waals surface area (Å²) in [6, 6.07) is 15.5. The molecule has 0 atom stereocenters. The normalized spacial score (nSPS) is 12.3. The minimum Gasteiger partial charge on any atom is -0.377 e. The van der Waals surface area contributed by atoms with Crippen LogP contribution in [-0.2, 0) is 46.3 Å². The summed E-state index contributed by atoms with van der Waals surface area (Å²) < 4.78 is 23.3. The molecule has 4 rings (SSSR count). The van der Waals surface area contributed by atoms with E-state index in [1.165, 1.54) is 0 Å². The van der Waals surface area contributed by atoms with Gasteiger partial charge < -0.3 is 43.6 Å². The Morgan fingerprint density at radius 1 is 0.816 bits per heavy atom. The van der Waals surface area contributed by atoms with Crippen LogP contribution in [0.3, 0.4) is 0 Å². The van der Waals surface area contributed by atoms with Crippen molar-refractivity contribution in [3.05, 3.63) is 54.1 Å². The smallest absolute Gasteiger partial charge is 0.327 e. The molecule has 3 aromatic rings. The molecular weight excluding hydrogens is 655 g/mol. The third-order valence-corrected chi connectivity index (χ3v) is 8.20. The SMILES string of the molecule is NOCCOCCOCCOCCn1nnc2c1-c1ccccc1CN(C(=O)CCC(=O)NCCCCCCOP(O)O)c1ccccc1-2. The number of carbonyl (C=O) groups is 2. The average molecular weight is 703 g/mol. The van der Waals surface area contributed by atoms with Crippen LogP contribution in [0, 0.1) is 0 Å². The molecular formula is C33H47N6O9P. The Labute approximate surface area is 287 Å². The fourth-order valence-corrected chi connectivity index (χ4v) is 5.68. The van der Waals surface area contributed by atoms with Crippen LogP contribution in [0.25, 0.3) is 22.5 Å². The average Bonchev–Trinajstić information content (AvgIpc) is 3.52. The first kappa shape index (κ1) is 38.4. The first-order chi connectivity index (χ1) is 24.0. The van der Waals surface area contributed by atoms with Gasteiger partial charge in [0.25, 0.3) is 0 Å². The third-order valence-electron chi connectivity index (χ3n) is 7.79. The van der Waals surface area contributed by atoms with Gasteiger partial charge in [0.05, 0.1) is 77.3 Å². The number of para-hydroxylation sites is 1. The molecule has 5 N–H and O–H groups in total. The number of nitrogens with one attached hydrogen (secondary N) is 1. The zero-order valence-electron chi connectivity index (χ0n) is 27.7. The number of nitrogens with two attached hydrogens (primary N) is 1. The molecule has 0 saturated carbocycles. The molecule has 0 aliphatic carbocycles. The number of unbranched alkanes of at least 4 members (excludes halogenated alkanes) is 3. The summed E-state index contributed by atoms with van der Waals surface area (Å²) in [5, 5.41) is 12.0. The molecule has 16 heteroatoms. The summed E-state index contributed by atoms with van der Waals surface area (Å²) in [6.07, 6.45) is 3.37. The van der Waals surface area contributed by atoms with E-state index in [0.717, 1.165) is 48.1 Å². The van der Waals surface area contributed by atoms with Crippen molar-refractivity contribution in [2.75, 3.05) is 64.3 Å². The molecule has 49 heavy (non-hydrogen) atoms. The number of ether oxygens (including phenoxy) is 3. The Bertz CT molecular complexity index is 1440. The molecule has 0 unspecified atom stereocenters. The molecule has 0 saturated heterocycles. The first-order valence-electron chi connectivity index (χ1n) is 16.5. The van der Waals surface area contributed by atoms with E-state index < -0.39 is 8.60 Å². The second-order valence-corrected chi connectivity index (χ2v) is 12.0. The summed E-state index contributed by atoms with van der Waals surface area (Å²) in [5.74, 6) is 4.63. The van der Waals surface area contributed by atoms with Crippen LogP contribution in [0.15, 0.2) is 48.5 Å². The highest BCUT2D eigenvalue weighted by Gasteiger charge is 2.29. The van der Waals surface area contributed by atoms with Gasteiger partial charge in [0, 0.05) is 30.5 Å². The number of benzene rings is 2. The monoisotopic (exact) mass is 702 g/mol. The molecule has 1 aliphatic rings. The van der Waals surface area contributed by atoms with E-state index in [9.17, 15) is 9.59 Å². The van der Waals surface area contributed by atoms with E-state index in [1.807, 2.05) is 53.2 Å². The van der Waals surface area contributed by atoms with Crippen molar-refractivity contribution in [3.63, 3.8) is 0 Å². The zero-order chi connectivity index (χ0) is 34.7. The summed E-state index contributed by atoms with van der Waals surface area (Å²) in [6.45, 7) is 4.54. The van der Waals surface area contributed by atoms with Crippen molar-refractivity contribution in [2.45, 2.75) is 51.6 Å². The Morgan fingerprint density at radius 3 is 2.24 bits per heavy atom. The number of anilines is 1. The number of fused-ring (bicyclic) bond motifs is 5. The van der Waals surface area contributed by atoms with E-state index >= 15 is 0 Å². The van der Waals surface area contributed by atoms with Gasteiger partial charge in [-0.25, -0.2) is 10.6 Å². The molecule has 1 aromatic heterocycles. The van der Waals surface area contributed by atoms with Gasteiger partial charge in [-0.2, -0.15) is 0 Å². The van der Waals surface area contributed by atoms with Gasteiger partial charge in [-0.1, -0.05) is 60.5 Å². The van der Waals surface area contributed by atoms with E-state index in [0.29, 0.717) is 83.9 Å². The van der Waals surface area contributed by atoms with Crippen LogP contribution in [0.2, 0.25) is 0 Å². The molecule has 15 nitrogen and oxygen atoms in total. The van der Waals surface area contributed by atoms with Crippen molar-refractivity contribution >= 4 is 26.1 Å². The van der Waals surface area contributed by atoms with Crippen LogP contribution in [0.4, 0.5) is 5.69 Å². The molecule has 1 aliphatic heterocycles.